The Morgan fingerprint density at radius 1 is 1.06 bits per heavy atom. The molecule has 1 heteroatoms. The molecule has 90 valence electrons. The van der Waals surface area contributed by atoms with E-state index in [0.717, 1.165) is 0 Å². The van der Waals surface area contributed by atoms with Crippen molar-refractivity contribution in [1.82, 2.24) is 0 Å². The van der Waals surface area contributed by atoms with Crippen LogP contribution < -0.4 is 0 Å². The summed E-state index contributed by atoms with van der Waals surface area (Å²) in [6.45, 7) is 11.4. The maximum atomic E-state index is 2.36. The molecule has 0 atom stereocenters. The van der Waals surface area contributed by atoms with Crippen LogP contribution in [0.1, 0.15) is 53.0 Å². The Kier molecular flexibility index (Phi) is 4.91. The van der Waals surface area contributed by atoms with Gasteiger partial charge in [0.05, 0.1) is 0 Å². The maximum Gasteiger partial charge on any atom is 0.00747 e. The zero-order chi connectivity index (χ0) is 12.2. The maximum absolute atomic E-state index is 2.36. The Bertz CT molecular complexity index is 307. The molecule has 1 rings (SSSR count). The van der Waals surface area contributed by atoms with Crippen LogP contribution in [0.2, 0.25) is 0 Å². The van der Waals surface area contributed by atoms with Gasteiger partial charge in [0.1, 0.15) is 0 Å². The van der Waals surface area contributed by atoms with Gasteiger partial charge in [0, 0.05) is 10.1 Å². The zero-order valence-electron chi connectivity index (χ0n) is 11.2. The Hall–Kier alpha value is -0.430. The van der Waals surface area contributed by atoms with Crippen LogP contribution in [0.3, 0.4) is 0 Å². The normalized spacial score (nSPS) is 12.1. The van der Waals surface area contributed by atoms with Crippen molar-refractivity contribution in [1.29, 1.82) is 0 Å². The second-order valence-corrected chi connectivity index (χ2v) is 6.61. The van der Waals surface area contributed by atoms with Gasteiger partial charge in [-0.3, -0.25) is 0 Å². The molecule has 1 aromatic rings. The highest BCUT2D eigenvalue weighted by Crippen LogP contribution is 2.32. The molecule has 0 N–H and O–H groups in total. The minimum Gasteiger partial charge on any atom is -0.123 e. The summed E-state index contributed by atoms with van der Waals surface area (Å²) >= 11 is 1.93. The van der Waals surface area contributed by atoms with Gasteiger partial charge in [-0.2, -0.15) is 0 Å². The molecule has 1 aromatic carbocycles. The van der Waals surface area contributed by atoms with E-state index < -0.39 is 0 Å². The number of hydrogen-bond donors (Lipinski definition) is 0. The van der Waals surface area contributed by atoms with E-state index in [1.807, 2.05) is 11.8 Å². The lowest BCUT2D eigenvalue weighted by molar-refractivity contribution is 0.438. The Morgan fingerprint density at radius 2 is 1.56 bits per heavy atom. The highest BCUT2D eigenvalue weighted by molar-refractivity contribution is 7.99. The molecule has 0 aliphatic rings. The summed E-state index contributed by atoms with van der Waals surface area (Å²) in [5, 5.41) is 0.662. The molecular weight excluding hydrogens is 212 g/mol. The second-order valence-electron chi connectivity index (χ2n) is 4.96. The predicted octanol–water partition coefficient (Wildman–Crippen LogP) is 5.26. The number of benzene rings is 1. The molecule has 0 aromatic heterocycles. The first-order valence-electron chi connectivity index (χ1n) is 6.29. The lowest BCUT2D eigenvalue weighted by Crippen LogP contribution is -2.19. The Morgan fingerprint density at radius 3 is 1.94 bits per heavy atom. The SMILES string of the molecule is CCC(C)(CC)c1ccc(SC(C)C)cc1. The summed E-state index contributed by atoms with van der Waals surface area (Å²) in [5.74, 6) is 0. The first kappa shape index (κ1) is 13.6. The second kappa shape index (κ2) is 5.77. The molecular formula is C15H24S. The van der Waals surface area contributed by atoms with Crippen molar-refractivity contribution in [3.05, 3.63) is 29.8 Å². The molecule has 0 unspecified atom stereocenters. The van der Waals surface area contributed by atoms with Crippen LogP contribution in [0.25, 0.3) is 0 Å². The average Bonchev–Trinajstić information content (AvgIpc) is 2.28. The molecule has 0 saturated heterocycles. The standard InChI is InChI=1S/C15H24S/c1-6-15(5,7-2)13-8-10-14(11-9-13)16-12(3)4/h8-12H,6-7H2,1-5H3. The summed E-state index contributed by atoms with van der Waals surface area (Å²) in [6, 6.07) is 9.14. The predicted molar refractivity (Wildman–Crippen MR) is 75.4 cm³/mol. The van der Waals surface area contributed by atoms with Gasteiger partial charge in [0.25, 0.3) is 0 Å². The van der Waals surface area contributed by atoms with Crippen LogP contribution in [-0.2, 0) is 5.41 Å². The van der Waals surface area contributed by atoms with Crippen molar-refractivity contribution in [2.75, 3.05) is 0 Å². The monoisotopic (exact) mass is 236 g/mol. The fourth-order valence-corrected chi connectivity index (χ4v) is 2.70. The number of rotatable bonds is 5. The summed E-state index contributed by atoms with van der Waals surface area (Å²) in [7, 11) is 0. The first-order chi connectivity index (χ1) is 7.51. The third-order valence-corrected chi connectivity index (χ3v) is 4.50. The molecule has 0 bridgehead atoms. The summed E-state index contributed by atoms with van der Waals surface area (Å²) in [4.78, 5) is 1.38. The summed E-state index contributed by atoms with van der Waals surface area (Å²) in [5.41, 5.74) is 1.83. The smallest absolute Gasteiger partial charge is 0.00747 e. The van der Waals surface area contributed by atoms with Crippen LogP contribution in [-0.4, -0.2) is 5.25 Å². The van der Waals surface area contributed by atoms with Gasteiger partial charge in [-0.05, 0) is 36.0 Å². The first-order valence-corrected chi connectivity index (χ1v) is 7.17. The van der Waals surface area contributed by atoms with Crippen molar-refractivity contribution in [3.63, 3.8) is 0 Å². The molecule has 16 heavy (non-hydrogen) atoms. The molecule has 0 nitrogen and oxygen atoms in total. The van der Waals surface area contributed by atoms with Crippen LogP contribution in [0.15, 0.2) is 29.2 Å². The molecule has 0 spiro atoms. The van der Waals surface area contributed by atoms with E-state index in [2.05, 4.69) is 58.9 Å². The largest absolute Gasteiger partial charge is 0.123 e. The average molecular weight is 236 g/mol. The fraction of sp³-hybridized carbons (Fsp3) is 0.600. The minimum atomic E-state index is 0.348. The van der Waals surface area contributed by atoms with E-state index in [4.69, 9.17) is 0 Å². The van der Waals surface area contributed by atoms with Crippen molar-refractivity contribution in [2.45, 2.75) is 63.0 Å². The number of hydrogen-bond acceptors (Lipinski definition) is 1. The number of thioether (sulfide) groups is 1. The van der Waals surface area contributed by atoms with Crippen molar-refractivity contribution in [3.8, 4) is 0 Å². The van der Waals surface area contributed by atoms with Crippen molar-refractivity contribution < 1.29 is 0 Å². The molecule has 0 heterocycles. The molecule has 0 aliphatic carbocycles. The van der Waals surface area contributed by atoms with Gasteiger partial charge < -0.3 is 0 Å². The molecule has 0 radical (unpaired) electrons. The van der Waals surface area contributed by atoms with E-state index in [0.29, 0.717) is 10.7 Å². The molecule has 0 aliphatic heterocycles. The molecule has 0 fully saturated rings. The van der Waals surface area contributed by atoms with Crippen LogP contribution in [0.4, 0.5) is 0 Å². The van der Waals surface area contributed by atoms with Gasteiger partial charge in [-0.1, -0.05) is 46.8 Å². The highest BCUT2D eigenvalue weighted by atomic mass is 32.2. The highest BCUT2D eigenvalue weighted by Gasteiger charge is 2.21. The van der Waals surface area contributed by atoms with Gasteiger partial charge in [0.15, 0.2) is 0 Å². The van der Waals surface area contributed by atoms with Gasteiger partial charge in [0.2, 0.25) is 0 Å². The summed E-state index contributed by atoms with van der Waals surface area (Å²) in [6.07, 6.45) is 2.42. The van der Waals surface area contributed by atoms with Gasteiger partial charge in [-0.25, -0.2) is 0 Å². The fourth-order valence-electron chi connectivity index (χ4n) is 1.87. The third kappa shape index (κ3) is 3.28. The van der Waals surface area contributed by atoms with Gasteiger partial charge >= 0.3 is 0 Å². The van der Waals surface area contributed by atoms with Gasteiger partial charge in [-0.15, -0.1) is 11.8 Å². The lowest BCUT2D eigenvalue weighted by atomic mass is 9.78. The third-order valence-electron chi connectivity index (χ3n) is 3.48. The van der Waals surface area contributed by atoms with E-state index in [1.54, 1.807) is 0 Å². The van der Waals surface area contributed by atoms with E-state index in [9.17, 15) is 0 Å². The van der Waals surface area contributed by atoms with E-state index >= 15 is 0 Å². The van der Waals surface area contributed by atoms with Crippen molar-refractivity contribution >= 4 is 11.8 Å². The van der Waals surface area contributed by atoms with Crippen LogP contribution >= 0.6 is 11.8 Å². The van der Waals surface area contributed by atoms with Crippen LogP contribution in [0, 0.1) is 0 Å². The van der Waals surface area contributed by atoms with Crippen molar-refractivity contribution in [2.24, 2.45) is 0 Å². The Labute approximate surface area is 105 Å². The molecule has 0 saturated carbocycles. The molecule has 0 amide bonds. The van der Waals surface area contributed by atoms with E-state index in [1.165, 1.54) is 23.3 Å². The zero-order valence-corrected chi connectivity index (χ0v) is 12.0. The minimum absolute atomic E-state index is 0.348. The lowest BCUT2D eigenvalue weighted by Gasteiger charge is -2.27. The quantitative estimate of drug-likeness (QED) is 0.628. The van der Waals surface area contributed by atoms with E-state index in [-0.39, 0.29) is 0 Å². The van der Waals surface area contributed by atoms with Crippen LogP contribution in [0.5, 0.6) is 0 Å². The summed E-state index contributed by atoms with van der Waals surface area (Å²) < 4.78 is 0. The Balaban J connectivity index is 2.85. The topological polar surface area (TPSA) is 0 Å².